The number of nitrogens with zero attached hydrogens (tertiary/aromatic N) is 2. The number of anilines is 1. The monoisotopic (exact) mass is 532 g/mol. The number of hydrogen-bond acceptors (Lipinski definition) is 3. The number of amides is 1. The second kappa shape index (κ2) is 9.51. The molecule has 178 valence electrons. The first kappa shape index (κ1) is 24.4. The molecule has 0 N–H and O–H groups in total. The van der Waals surface area contributed by atoms with Gasteiger partial charge in [-0.2, -0.15) is 4.31 Å². The second-order valence-corrected chi connectivity index (χ2v) is 12.4. The molecule has 33 heavy (non-hydrogen) atoms. The summed E-state index contributed by atoms with van der Waals surface area (Å²) in [5, 5.41) is 0. The zero-order chi connectivity index (χ0) is 23.9. The Labute approximate surface area is 206 Å². The van der Waals surface area contributed by atoms with Crippen LogP contribution in [0, 0.1) is 20.8 Å². The predicted molar refractivity (Wildman–Crippen MR) is 136 cm³/mol. The number of rotatable bonds is 5. The van der Waals surface area contributed by atoms with Gasteiger partial charge in [0, 0.05) is 22.2 Å². The minimum absolute atomic E-state index is 0.000516. The normalized spacial score (nSPS) is 19.2. The minimum Gasteiger partial charge on any atom is -0.308 e. The van der Waals surface area contributed by atoms with E-state index in [4.69, 9.17) is 0 Å². The lowest BCUT2D eigenvalue weighted by atomic mass is 9.95. The lowest BCUT2D eigenvalue weighted by molar-refractivity contribution is -0.119. The van der Waals surface area contributed by atoms with Crippen LogP contribution in [0.1, 0.15) is 61.3 Å². The molecule has 0 aromatic heterocycles. The molecule has 2 aliphatic rings. The van der Waals surface area contributed by atoms with Gasteiger partial charge in [0.15, 0.2) is 0 Å². The number of sulfonamides is 1. The van der Waals surface area contributed by atoms with Crippen molar-refractivity contribution in [2.75, 3.05) is 11.4 Å². The van der Waals surface area contributed by atoms with E-state index in [2.05, 4.69) is 15.9 Å². The molecule has 1 aliphatic heterocycles. The smallest absolute Gasteiger partial charge is 0.244 e. The van der Waals surface area contributed by atoms with Crippen LogP contribution < -0.4 is 4.90 Å². The fourth-order valence-corrected chi connectivity index (χ4v) is 8.12. The fourth-order valence-electron chi connectivity index (χ4n) is 5.66. The van der Waals surface area contributed by atoms with Gasteiger partial charge in [-0.25, -0.2) is 8.42 Å². The van der Waals surface area contributed by atoms with Crippen LogP contribution in [0.4, 0.5) is 5.69 Å². The first-order valence-corrected chi connectivity index (χ1v) is 14.0. The van der Waals surface area contributed by atoms with Gasteiger partial charge in [-0.15, -0.1) is 0 Å². The van der Waals surface area contributed by atoms with Gasteiger partial charge in [0.1, 0.15) is 0 Å². The van der Waals surface area contributed by atoms with E-state index in [9.17, 15) is 13.2 Å². The number of carbonyl (C=O) groups is 1. The summed E-state index contributed by atoms with van der Waals surface area (Å²) in [6.45, 7) is 7.58. The highest BCUT2D eigenvalue weighted by molar-refractivity contribution is 9.10. The summed E-state index contributed by atoms with van der Waals surface area (Å²) in [6.07, 6.45) is 5.48. The van der Waals surface area contributed by atoms with Crippen LogP contribution in [0.15, 0.2) is 39.7 Å². The van der Waals surface area contributed by atoms with Crippen molar-refractivity contribution < 1.29 is 13.2 Å². The van der Waals surface area contributed by atoms with E-state index < -0.39 is 10.0 Å². The zero-order valence-corrected chi connectivity index (χ0v) is 22.3. The molecule has 2 aromatic rings. The Kier molecular flexibility index (Phi) is 7.04. The van der Waals surface area contributed by atoms with Gasteiger partial charge in [0.25, 0.3) is 0 Å². The van der Waals surface area contributed by atoms with Gasteiger partial charge in [-0.3, -0.25) is 4.79 Å². The van der Waals surface area contributed by atoms with Gasteiger partial charge in [0.2, 0.25) is 15.9 Å². The van der Waals surface area contributed by atoms with E-state index in [1.165, 1.54) is 4.31 Å². The molecule has 0 saturated heterocycles. The highest BCUT2D eigenvalue weighted by Gasteiger charge is 2.39. The summed E-state index contributed by atoms with van der Waals surface area (Å²) in [5.41, 5.74) is 4.52. The van der Waals surface area contributed by atoms with Crippen molar-refractivity contribution in [3.8, 4) is 0 Å². The zero-order valence-electron chi connectivity index (χ0n) is 19.9. The molecule has 0 unspecified atom stereocenters. The minimum atomic E-state index is -3.83. The molecule has 1 heterocycles. The number of carbonyl (C=O) groups excluding carboxylic acids is 1. The van der Waals surface area contributed by atoms with Gasteiger partial charge in [-0.1, -0.05) is 52.9 Å². The molecule has 0 radical (unpaired) electrons. The largest absolute Gasteiger partial charge is 0.308 e. The van der Waals surface area contributed by atoms with Crippen LogP contribution in [0.3, 0.4) is 0 Å². The van der Waals surface area contributed by atoms with Crippen LogP contribution in [0.2, 0.25) is 0 Å². The maximum Gasteiger partial charge on any atom is 0.244 e. The van der Waals surface area contributed by atoms with E-state index in [-0.39, 0.29) is 24.5 Å². The van der Waals surface area contributed by atoms with Crippen molar-refractivity contribution in [3.05, 3.63) is 57.1 Å². The highest BCUT2D eigenvalue weighted by Crippen LogP contribution is 2.36. The molecule has 1 amide bonds. The van der Waals surface area contributed by atoms with Gasteiger partial charge < -0.3 is 4.90 Å². The summed E-state index contributed by atoms with van der Waals surface area (Å²) in [5.74, 6) is -0.153. The van der Waals surface area contributed by atoms with E-state index in [1.54, 1.807) is 4.90 Å². The first-order valence-electron chi connectivity index (χ1n) is 11.8. The van der Waals surface area contributed by atoms with Crippen LogP contribution in [-0.2, 0) is 21.2 Å². The molecule has 0 bridgehead atoms. The van der Waals surface area contributed by atoms with Gasteiger partial charge >= 0.3 is 0 Å². The van der Waals surface area contributed by atoms with Crippen molar-refractivity contribution in [3.63, 3.8) is 0 Å². The Morgan fingerprint density at radius 2 is 1.70 bits per heavy atom. The summed E-state index contributed by atoms with van der Waals surface area (Å²) in [7, 11) is -3.83. The van der Waals surface area contributed by atoms with Crippen LogP contribution >= 0.6 is 15.9 Å². The fraction of sp³-hybridized carbons (Fsp3) is 0.500. The van der Waals surface area contributed by atoms with Crippen LogP contribution in [-0.4, -0.2) is 37.3 Å². The van der Waals surface area contributed by atoms with E-state index in [1.807, 2.05) is 58.0 Å². The summed E-state index contributed by atoms with van der Waals surface area (Å²) in [4.78, 5) is 15.8. The third-order valence-electron chi connectivity index (χ3n) is 6.97. The number of halogens is 1. The number of hydrogen-bond donors (Lipinski definition) is 0. The maximum absolute atomic E-state index is 14.1. The molecule has 1 atom stereocenters. The van der Waals surface area contributed by atoms with Gasteiger partial charge in [-0.05, 0) is 81.8 Å². The Bertz CT molecular complexity index is 1150. The molecule has 4 rings (SSSR count). The van der Waals surface area contributed by atoms with Crippen molar-refractivity contribution in [1.82, 2.24) is 4.31 Å². The summed E-state index contributed by atoms with van der Waals surface area (Å²) >= 11 is 3.51. The Hall–Kier alpha value is -1.70. The average Bonchev–Trinajstić information content (AvgIpc) is 3.06. The molecule has 1 fully saturated rings. The standard InChI is InChI=1S/C26H33BrN2O3S/c1-17-12-18(2)26(19(3)13-17)33(31,32)28(23-8-6-5-7-9-23)16-25(30)29-20(4)14-21-15-22(27)10-11-24(21)29/h10-13,15,20,23H,5-9,14,16H2,1-4H3/t20-/m1/s1. The molecule has 5 nitrogen and oxygen atoms in total. The third-order valence-corrected chi connectivity index (χ3v) is 9.67. The summed E-state index contributed by atoms with van der Waals surface area (Å²) in [6, 6.07) is 9.62. The van der Waals surface area contributed by atoms with Crippen molar-refractivity contribution >= 4 is 37.5 Å². The lowest BCUT2D eigenvalue weighted by Crippen LogP contribution is -2.49. The van der Waals surface area contributed by atoms with Crippen LogP contribution in [0.25, 0.3) is 0 Å². The molecular formula is C26H33BrN2O3S. The average molecular weight is 534 g/mol. The number of aryl methyl sites for hydroxylation is 3. The molecule has 1 aliphatic carbocycles. The van der Waals surface area contributed by atoms with E-state index in [0.717, 1.165) is 70.9 Å². The number of benzene rings is 2. The SMILES string of the molecule is Cc1cc(C)c(S(=O)(=O)N(CC(=O)N2c3ccc(Br)cc3C[C@H]2C)C2CCCCC2)c(C)c1. The highest BCUT2D eigenvalue weighted by atomic mass is 79.9. The van der Waals surface area contributed by atoms with Crippen molar-refractivity contribution in [2.24, 2.45) is 0 Å². The topological polar surface area (TPSA) is 57.7 Å². The molecule has 1 saturated carbocycles. The molecule has 2 aromatic carbocycles. The van der Waals surface area contributed by atoms with E-state index >= 15 is 0 Å². The molecule has 7 heteroatoms. The van der Waals surface area contributed by atoms with Crippen molar-refractivity contribution in [2.45, 2.75) is 83.2 Å². The first-order chi connectivity index (χ1) is 15.6. The molecule has 0 spiro atoms. The quantitative estimate of drug-likeness (QED) is 0.497. The Morgan fingerprint density at radius 1 is 1.06 bits per heavy atom. The maximum atomic E-state index is 14.1. The summed E-state index contributed by atoms with van der Waals surface area (Å²) < 4.78 is 30.6. The van der Waals surface area contributed by atoms with Gasteiger partial charge in [0.05, 0.1) is 11.4 Å². The predicted octanol–water partition coefficient (Wildman–Crippen LogP) is 5.68. The Morgan fingerprint density at radius 3 is 2.33 bits per heavy atom. The third kappa shape index (κ3) is 4.77. The van der Waals surface area contributed by atoms with E-state index in [0.29, 0.717) is 4.90 Å². The number of fused-ring (bicyclic) bond motifs is 1. The Balaban J connectivity index is 1.71. The van der Waals surface area contributed by atoms with Crippen LogP contribution in [0.5, 0.6) is 0 Å². The lowest BCUT2D eigenvalue weighted by Gasteiger charge is -2.35. The molecular weight excluding hydrogens is 500 g/mol. The van der Waals surface area contributed by atoms with Crippen molar-refractivity contribution in [1.29, 1.82) is 0 Å². The second-order valence-electron chi connectivity index (χ2n) is 9.66.